The Morgan fingerprint density at radius 3 is 2.55 bits per heavy atom. The number of hydrogen-bond acceptors (Lipinski definition) is 1. The van der Waals surface area contributed by atoms with E-state index in [0.29, 0.717) is 0 Å². The first-order valence-corrected chi connectivity index (χ1v) is 7.57. The minimum Gasteiger partial charge on any atom is -0.283 e. The van der Waals surface area contributed by atoms with Crippen LogP contribution in [0.5, 0.6) is 0 Å². The third kappa shape index (κ3) is 1.98. The second-order valence-corrected chi connectivity index (χ2v) is 7.04. The van der Waals surface area contributed by atoms with Crippen LogP contribution in [0.15, 0.2) is 18.2 Å². The number of hydrogen-bond donors (Lipinski definition) is 0. The maximum absolute atomic E-state index is 12.9. The number of aromatic nitrogens is 1. The van der Waals surface area contributed by atoms with Gasteiger partial charge in [0.15, 0.2) is 0 Å². The van der Waals surface area contributed by atoms with Crippen LogP contribution in [0, 0.1) is 12.3 Å². The van der Waals surface area contributed by atoms with Crippen LogP contribution in [0.1, 0.15) is 55.2 Å². The molecule has 0 aliphatic heterocycles. The Balaban J connectivity index is 2.33. The monoisotopic (exact) mass is 269 g/mol. The first-order valence-electron chi connectivity index (χ1n) is 7.57. The van der Waals surface area contributed by atoms with Gasteiger partial charge >= 0.3 is 0 Å². The van der Waals surface area contributed by atoms with E-state index in [1.807, 2.05) is 25.3 Å². The molecule has 2 heteroatoms. The highest BCUT2D eigenvalue weighted by Gasteiger charge is 2.29. The molecule has 0 fully saturated rings. The third-order valence-electron chi connectivity index (χ3n) is 4.27. The van der Waals surface area contributed by atoms with Crippen molar-refractivity contribution in [3.05, 3.63) is 35.0 Å². The molecular weight excluding hydrogens is 246 g/mol. The highest BCUT2D eigenvalue weighted by molar-refractivity contribution is 5.98. The summed E-state index contributed by atoms with van der Waals surface area (Å²) in [4.78, 5) is 12.9. The predicted octanol–water partition coefficient (Wildman–Crippen LogP) is 4.51. The normalized spacial score (nSPS) is 15.4. The van der Waals surface area contributed by atoms with E-state index in [4.69, 9.17) is 0 Å². The summed E-state index contributed by atoms with van der Waals surface area (Å²) in [5, 5.41) is 1.29. The molecule has 1 aliphatic rings. The van der Waals surface area contributed by atoms with Gasteiger partial charge in [-0.3, -0.25) is 9.36 Å². The lowest BCUT2D eigenvalue weighted by Crippen LogP contribution is -2.28. The van der Waals surface area contributed by atoms with Crippen molar-refractivity contribution < 1.29 is 4.79 Å². The molecule has 106 valence electrons. The lowest BCUT2D eigenvalue weighted by atomic mass is 9.93. The van der Waals surface area contributed by atoms with Crippen LogP contribution in [-0.4, -0.2) is 10.5 Å². The summed E-state index contributed by atoms with van der Waals surface area (Å²) in [6.07, 6.45) is 4.58. The number of aryl methyl sites for hydroxylation is 2. The van der Waals surface area contributed by atoms with Crippen molar-refractivity contribution in [3.8, 4) is 0 Å². The average molecular weight is 269 g/mol. The predicted molar refractivity (Wildman–Crippen MR) is 83.4 cm³/mol. The van der Waals surface area contributed by atoms with Crippen molar-refractivity contribution in [1.82, 2.24) is 4.57 Å². The van der Waals surface area contributed by atoms with Crippen molar-refractivity contribution in [3.63, 3.8) is 0 Å². The van der Waals surface area contributed by atoms with Crippen LogP contribution >= 0.6 is 0 Å². The summed E-state index contributed by atoms with van der Waals surface area (Å²) in [6, 6.07) is 6.47. The van der Waals surface area contributed by atoms with Crippen molar-refractivity contribution >= 4 is 16.8 Å². The van der Waals surface area contributed by atoms with E-state index in [0.717, 1.165) is 18.4 Å². The van der Waals surface area contributed by atoms with E-state index in [9.17, 15) is 4.79 Å². The van der Waals surface area contributed by atoms with Crippen molar-refractivity contribution in [2.24, 2.45) is 5.41 Å². The van der Waals surface area contributed by atoms with Gasteiger partial charge in [-0.2, -0.15) is 0 Å². The Hall–Kier alpha value is -1.57. The van der Waals surface area contributed by atoms with Gasteiger partial charge in [0.1, 0.15) is 0 Å². The number of rotatable bonds is 0. The minimum atomic E-state index is -0.345. The Kier molecular flexibility index (Phi) is 3.00. The number of carbonyl (C=O) groups excluding carboxylic acids is 1. The molecule has 1 heterocycles. The van der Waals surface area contributed by atoms with Crippen LogP contribution in [0.2, 0.25) is 0 Å². The van der Waals surface area contributed by atoms with E-state index in [1.54, 1.807) is 0 Å². The summed E-state index contributed by atoms with van der Waals surface area (Å²) >= 11 is 0. The zero-order valence-electron chi connectivity index (χ0n) is 12.9. The lowest BCUT2D eigenvalue weighted by molar-refractivity contribution is 0.0768. The van der Waals surface area contributed by atoms with Gasteiger partial charge in [-0.15, -0.1) is 0 Å². The lowest BCUT2D eigenvalue weighted by Gasteiger charge is -2.21. The minimum absolute atomic E-state index is 0.217. The molecule has 0 spiro atoms. The first kappa shape index (κ1) is 13.4. The molecular formula is C18H23NO. The smallest absolute Gasteiger partial charge is 0.236 e. The first-order chi connectivity index (χ1) is 9.39. The van der Waals surface area contributed by atoms with Gasteiger partial charge in [0.25, 0.3) is 0 Å². The zero-order chi connectivity index (χ0) is 14.5. The van der Waals surface area contributed by atoms with Crippen molar-refractivity contribution in [2.75, 3.05) is 0 Å². The molecule has 0 unspecified atom stereocenters. The summed E-state index contributed by atoms with van der Waals surface area (Å²) in [5.74, 6) is 0.217. The Bertz CT molecular complexity index is 685. The van der Waals surface area contributed by atoms with E-state index < -0.39 is 0 Å². The molecule has 0 bridgehead atoms. The van der Waals surface area contributed by atoms with Crippen LogP contribution in [-0.2, 0) is 12.8 Å². The molecule has 0 amide bonds. The van der Waals surface area contributed by atoms with Gasteiger partial charge in [0.2, 0.25) is 5.91 Å². The van der Waals surface area contributed by atoms with Crippen LogP contribution in [0.4, 0.5) is 0 Å². The van der Waals surface area contributed by atoms with E-state index in [-0.39, 0.29) is 11.3 Å². The molecule has 0 radical (unpaired) electrons. The molecule has 0 N–H and O–H groups in total. The molecule has 20 heavy (non-hydrogen) atoms. The van der Waals surface area contributed by atoms with Crippen molar-refractivity contribution in [1.29, 1.82) is 0 Å². The zero-order valence-corrected chi connectivity index (χ0v) is 12.9. The quantitative estimate of drug-likeness (QED) is 0.689. The number of fused-ring (bicyclic) bond motifs is 3. The molecule has 2 aromatic rings. The van der Waals surface area contributed by atoms with Gasteiger partial charge < -0.3 is 0 Å². The van der Waals surface area contributed by atoms with Crippen LogP contribution in [0.3, 0.4) is 0 Å². The van der Waals surface area contributed by atoms with E-state index >= 15 is 0 Å². The second-order valence-electron chi connectivity index (χ2n) is 7.04. The number of carbonyl (C=O) groups is 1. The topological polar surface area (TPSA) is 22.0 Å². The fourth-order valence-electron chi connectivity index (χ4n) is 3.23. The molecule has 1 aliphatic carbocycles. The van der Waals surface area contributed by atoms with E-state index in [1.165, 1.54) is 35.0 Å². The average Bonchev–Trinajstić information content (AvgIpc) is 2.71. The van der Waals surface area contributed by atoms with Gasteiger partial charge in [-0.1, -0.05) is 32.4 Å². The fourth-order valence-corrected chi connectivity index (χ4v) is 3.23. The Morgan fingerprint density at radius 2 is 1.85 bits per heavy atom. The van der Waals surface area contributed by atoms with Gasteiger partial charge in [-0.25, -0.2) is 0 Å². The summed E-state index contributed by atoms with van der Waals surface area (Å²) in [5.41, 5.74) is 4.69. The molecule has 3 rings (SSSR count). The van der Waals surface area contributed by atoms with Gasteiger partial charge in [-0.05, 0) is 50.3 Å². The number of benzene rings is 1. The second kappa shape index (κ2) is 4.47. The van der Waals surface area contributed by atoms with Gasteiger partial charge in [0, 0.05) is 16.5 Å². The van der Waals surface area contributed by atoms with Crippen molar-refractivity contribution in [2.45, 2.75) is 53.4 Å². The fraction of sp³-hybridized carbons (Fsp3) is 0.500. The maximum atomic E-state index is 12.9. The standard InChI is InChI=1S/C18H23NO/c1-12-9-10-16-14(11-12)13-7-5-6-8-15(13)19(16)17(20)18(2,3)4/h9-11H,5-8H2,1-4H3. The van der Waals surface area contributed by atoms with Gasteiger partial charge in [0.05, 0.1) is 5.52 Å². The molecule has 0 saturated carbocycles. The SMILES string of the molecule is Cc1ccc2c(c1)c1c(n2C(=O)C(C)(C)C)CCCC1. The third-order valence-corrected chi connectivity index (χ3v) is 4.27. The summed E-state index contributed by atoms with van der Waals surface area (Å²) < 4.78 is 2.00. The van der Waals surface area contributed by atoms with E-state index in [2.05, 4.69) is 25.1 Å². The molecule has 1 aromatic heterocycles. The van der Waals surface area contributed by atoms with Crippen LogP contribution < -0.4 is 0 Å². The molecule has 2 nitrogen and oxygen atoms in total. The molecule has 0 saturated heterocycles. The summed E-state index contributed by atoms with van der Waals surface area (Å²) in [7, 11) is 0. The highest BCUT2D eigenvalue weighted by atomic mass is 16.2. The number of nitrogens with zero attached hydrogens (tertiary/aromatic N) is 1. The summed E-state index contributed by atoms with van der Waals surface area (Å²) in [6.45, 7) is 8.14. The van der Waals surface area contributed by atoms with Crippen LogP contribution in [0.25, 0.3) is 10.9 Å². The highest BCUT2D eigenvalue weighted by Crippen LogP contribution is 2.34. The Morgan fingerprint density at radius 1 is 1.15 bits per heavy atom. The molecule has 1 aromatic carbocycles. The maximum Gasteiger partial charge on any atom is 0.236 e. The largest absolute Gasteiger partial charge is 0.283 e. The Labute approximate surface area is 120 Å². The molecule has 0 atom stereocenters.